The van der Waals surface area contributed by atoms with Crippen LogP contribution >= 0.6 is 0 Å². The molecule has 0 fully saturated rings. The van der Waals surface area contributed by atoms with E-state index in [-0.39, 0.29) is 0 Å². The quantitative estimate of drug-likeness (QED) is 0.0558. The lowest BCUT2D eigenvalue weighted by Gasteiger charge is -2.35. The molecular formula is C80H78N4O2. The van der Waals surface area contributed by atoms with Gasteiger partial charge < -0.3 is 29.1 Å². The molecule has 0 atom stereocenters. The molecule has 0 bridgehead atoms. The number of benzene rings is 12. The molecule has 0 heterocycles. The zero-order valence-electron chi connectivity index (χ0n) is 51.6. The minimum Gasteiger partial charge on any atom is -0.493 e. The summed E-state index contributed by atoms with van der Waals surface area (Å²) in [5, 5.41) is 6.28. The van der Waals surface area contributed by atoms with Crippen LogP contribution in [0, 0.1) is 55.4 Å². The lowest BCUT2D eigenvalue weighted by molar-refractivity contribution is 0.313. The summed E-state index contributed by atoms with van der Waals surface area (Å²) < 4.78 is 15.0. The molecule has 0 N–H and O–H groups in total. The van der Waals surface area contributed by atoms with Crippen molar-refractivity contribution in [3.63, 3.8) is 0 Å². The summed E-state index contributed by atoms with van der Waals surface area (Å²) in [4.78, 5) is 9.84. The second-order valence-electron chi connectivity index (χ2n) is 23.6. The Kier molecular flexibility index (Phi) is 16.3. The fraction of sp³-hybridized carbons (Fsp3) is 0.200. The van der Waals surface area contributed by atoms with Crippen molar-refractivity contribution in [2.45, 2.75) is 94.9 Å². The minimum absolute atomic E-state index is 0.539. The fourth-order valence-electron chi connectivity index (χ4n) is 11.9. The first-order chi connectivity index (χ1) is 41.8. The topological polar surface area (TPSA) is 31.4 Å². The predicted molar refractivity (Wildman–Crippen MR) is 368 cm³/mol. The van der Waals surface area contributed by atoms with Crippen LogP contribution in [0.25, 0.3) is 32.3 Å². The van der Waals surface area contributed by atoms with Crippen LogP contribution in [-0.2, 0) is 0 Å². The Labute approximate surface area is 509 Å². The second-order valence-corrected chi connectivity index (χ2v) is 23.6. The number of unbranched alkanes of at least 4 members (excludes halogenated alkanes) is 2. The van der Waals surface area contributed by atoms with Crippen molar-refractivity contribution in [2.24, 2.45) is 0 Å². The van der Waals surface area contributed by atoms with E-state index in [1.54, 1.807) is 0 Å². The van der Waals surface area contributed by atoms with E-state index in [0.29, 0.717) is 13.2 Å². The maximum Gasteiger partial charge on any atom is 0.129 e. The molecule has 0 aliphatic heterocycles. The van der Waals surface area contributed by atoms with Crippen LogP contribution in [0.15, 0.2) is 218 Å². The van der Waals surface area contributed by atoms with E-state index >= 15 is 0 Å². The molecule has 0 aromatic heterocycles. The van der Waals surface area contributed by atoms with E-state index in [4.69, 9.17) is 9.47 Å². The van der Waals surface area contributed by atoms with Crippen molar-refractivity contribution < 1.29 is 9.47 Å². The van der Waals surface area contributed by atoms with E-state index in [2.05, 4.69) is 307 Å². The first kappa shape index (κ1) is 56.9. The number of ether oxygens (including phenoxy) is 2. The largest absolute Gasteiger partial charge is 0.493 e. The molecule has 0 unspecified atom stereocenters. The third kappa shape index (κ3) is 11.3. The van der Waals surface area contributed by atoms with Gasteiger partial charge in [-0.2, -0.15) is 0 Å². The van der Waals surface area contributed by atoms with Crippen LogP contribution in [0.4, 0.5) is 68.2 Å². The van der Waals surface area contributed by atoms with Crippen LogP contribution in [0.2, 0.25) is 0 Å². The third-order valence-corrected chi connectivity index (χ3v) is 16.8. The van der Waals surface area contributed by atoms with Gasteiger partial charge in [0.05, 0.1) is 36.0 Å². The highest BCUT2D eigenvalue weighted by Crippen LogP contribution is 2.59. The molecule has 430 valence electrons. The number of rotatable bonds is 20. The summed E-state index contributed by atoms with van der Waals surface area (Å²) in [6.45, 7) is 22.9. The van der Waals surface area contributed by atoms with Crippen molar-refractivity contribution in [1.29, 1.82) is 0 Å². The van der Waals surface area contributed by atoms with Crippen LogP contribution in [0.5, 0.6) is 11.5 Å². The third-order valence-electron chi connectivity index (χ3n) is 16.8. The molecule has 0 saturated carbocycles. The summed E-state index contributed by atoms with van der Waals surface area (Å²) >= 11 is 0. The van der Waals surface area contributed by atoms with Crippen molar-refractivity contribution in [2.75, 3.05) is 32.8 Å². The maximum atomic E-state index is 7.49. The molecule has 0 spiro atoms. The normalized spacial score (nSPS) is 11.4. The standard InChI is InChI=1S/C80H78N4O2/c1-11-13-47-85-75-49-69-71(81(61-31-15-53(3)16-32-61)62-33-17-54(4)18-34-62)52-74(84(67-43-27-59(9)28-44-67)68-45-29-60(10)30-46-68)80-76(86-48-14-12-2)50-70-72(82(63-35-19-55(5)20-36-63)64-37-21-56(6)22-38-64)51-73(79(75)77(70)78(69)80)83(65-39-23-57(7)24-40-65)66-41-25-58(8)26-42-66/h15-46,49-52H,11-14,47-48H2,1-10H3. The molecule has 12 rings (SSSR count). The molecule has 0 aliphatic carbocycles. The van der Waals surface area contributed by atoms with Gasteiger partial charge in [-0.25, -0.2) is 0 Å². The Morgan fingerprint density at radius 3 is 0.640 bits per heavy atom. The first-order valence-corrected chi connectivity index (χ1v) is 30.7. The molecule has 6 heteroatoms. The van der Waals surface area contributed by atoms with Crippen molar-refractivity contribution in [3.05, 3.63) is 263 Å². The summed E-state index contributed by atoms with van der Waals surface area (Å²) in [5.74, 6) is 1.63. The lowest BCUT2D eigenvalue weighted by atomic mass is 9.87. The highest BCUT2D eigenvalue weighted by molar-refractivity contribution is 6.35. The summed E-state index contributed by atoms with van der Waals surface area (Å²) in [6.07, 6.45) is 3.75. The minimum atomic E-state index is 0.539. The van der Waals surface area contributed by atoms with Gasteiger partial charge in [0.15, 0.2) is 0 Å². The Morgan fingerprint density at radius 1 is 0.244 bits per heavy atom. The fourth-order valence-corrected chi connectivity index (χ4v) is 11.9. The summed E-state index contributed by atoms with van der Waals surface area (Å²) in [7, 11) is 0. The number of nitrogens with zero attached hydrogens (tertiary/aromatic N) is 4. The van der Waals surface area contributed by atoms with Crippen molar-refractivity contribution in [1.82, 2.24) is 0 Å². The Hall–Kier alpha value is -9.52. The molecule has 0 aliphatic rings. The smallest absolute Gasteiger partial charge is 0.129 e. The predicted octanol–water partition coefficient (Wildman–Crippen LogP) is 23.3. The molecule has 86 heavy (non-hydrogen) atoms. The zero-order valence-corrected chi connectivity index (χ0v) is 51.6. The van der Waals surface area contributed by atoms with E-state index in [0.717, 1.165) is 138 Å². The van der Waals surface area contributed by atoms with Crippen LogP contribution in [0.3, 0.4) is 0 Å². The SMILES string of the molecule is CCCCOc1cc2c(N(c3ccc(C)cc3)c3ccc(C)cc3)cc(N(c3ccc(C)cc3)c3ccc(C)cc3)c3c(OCCCC)cc4c(N(c5ccc(C)cc5)c5ccc(C)cc5)cc(N(c5ccc(C)cc5)c5ccc(C)cc5)c1c4c23. The maximum absolute atomic E-state index is 7.49. The van der Waals surface area contributed by atoms with Gasteiger partial charge in [-0.15, -0.1) is 0 Å². The van der Waals surface area contributed by atoms with Gasteiger partial charge in [0.2, 0.25) is 0 Å². The van der Waals surface area contributed by atoms with Gasteiger partial charge in [0.1, 0.15) is 11.5 Å². The van der Waals surface area contributed by atoms with Crippen LogP contribution < -0.4 is 29.1 Å². The second kappa shape index (κ2) is 24.6. The van der Waals surface area contributed by atoms with Gasteiger partial charge in [0.25, 0.3) is 0 Å². The molecule has 12 aromatic carbocycles. The van der Waals surface area contributed by atoms with Crippen LogP contribution in [0.1, 0.15) is 84.0 Å². The number of anilines is 12. The number of hydrogen-bond donors (Lipinski definition) is 0. The van der Waals surface area contributed by atoms with Gasteiger partial charge in [-0.3, -0.25) is 0 Å². The lowest BCUT2D eigenvalue weighted by Crippen LogP contribution is -2.17. The monoisotopic (exact) mass is 1130 g/mol. The van der Waals surface area contributed by atoms with Gasteiger partial charge >= 0.3 is 0 Å². The summed E-state index contributed by atoms with van der Waals surface area (Å²) in [6, 6.07) is 81.5. The van der Waals surface area contributed by atoms with Gasteiger partial charge in [-0.05, 0) is 190 Å². The molecule has 12 aromatic rings. The van der Waals surface area contributed by atoms with E-state index < -0.39 is 0 Å². The average Bonchev–Trinajstić information content (AvgIpc) is 0.734. The van der Waals surface area contributed by atoms with Crippen molar-refractivity contribution >= 4 is 101 Å². The zero-order chi connectivity index (χ0) is 59.6. The molecule has 0 amide bonds. The Balaban J connectivity index is 1.37. The number of hydrogen-bond acceptors (Lipinski definition) is 6. The van der Waals surface area contributed by atoms with Gasteiger partial charge in [0, 0.05) is 77.8 Å². The van der Waals surface area contributed by atoms with E-state index in [1.165, 1.54) is 44.5 Å². The molecular weight excluding hydrogens is 1050 g/mol. The van der Waals surface area contributed by atoms with Crippen LogP contribution in [-0.4, -0.2) is 13.2 Å². The number of aryl methyl sites for hydroxylation is 8. The Morgan fingerprint density at radius 2 is 0.442 bits per heavy atom. The average molecular weight is 1130 g/mol. The molecule has 6 nitrogen and oxygen atoms in total. The van der Waals surface area contributed by atoms with Gasteiger partial charge in [-0.1, -0.05) is 168 Å². The van der Waals surface area contributed by atoms with E-state index in [1.807, 2.05) is 0 Å². The molecule has 0 saturated heterocycles. The van der Waals surface area contributed by atoms with E-state index in [9.17, 15) is 0 Å². The van der Waals surface area contributed by atoms with Crippen molar-refractivity contribution in [3.8, 4) is 11.5 Å². The Bertz CT molecular complexity index is 3830. The highest BCUT2D eigenvalue weighted by Gasteiger charge is 2.33. The first-order valence-electron chi connectivity index (χ1n) is 30.7. The highest BCUT2D eigenvalue weighted by atomic mass is 16.5. The molecule has 0 radical (unpaired) electrons. The summed E-state index contributed by atoms with van der Waals surface area (Å²) in [5.41, 5.74) is 21.9.